The Balaban J connectivity index is 0.0000186. The van der Waals surface area contributed by atoms with Gasteiger partial charge in [0.1, 0.15) is 0 Å². The molecule has 0 amide bonds. The molecule has 2 aromatic carbocycles. The van der Waals surface area contributed by atoms with Crippen LogP contribution in [0, 0.1) is 23.7 Å². The first-order valence-corrected chi connectivity index (χ1v) is 25.6. The molecule has 0 aliphatic rings. The Labute approximate surface area is 388 Å². The van der Waals surface area contributed by atoms with E-state index in [9.17, 15) is 0 Å². The monoisotopic (exact) mass is 873 g/mol. The molecule has 0 aliphatic heterocycles. The van der Waals surface area contributed by atoms with Gasteiger partial charge in [-0.25, -0.2) is 4.99 Å². The molecule has 0 heterocycles. The van der Waals surface area contributed by atoms with Crippen LogP contribution in [0.2, 0.25) is 0 Å². The maximum atomic E-state index is 5.50. The fourth-order valence-corrected chi connectivity index (χ4v) is 7.79. The van der Waals surface area contributed by atoms with E-state index in [0.29, 0.717) is 0 Å². The Morgan fingerprint density at radius 2 is 0.820 bits per heavy atom. The van der Waals surface area contributed by atoms with Crippen molar-refractivity contribution < 1.29 is 16.5 Å². The first-order chi connectivity index (χ1) is 29.7. The van der Waals surface area contributed by atoms with Gasteiger partial charge in [-0.2, -0.15) is 0 Å². The van der Waals surface area contributed by atoms with Crippen LogP contribution >= 0.6 is 0 Å². The third-order valence-corrected chi connectivity index (χ3v) is 11.5. The van der Waals surface area contributed by atoms with Crippen molar-refractivity contribution in [1.82, 2.24) is 0 Å². The number of aliphatic imine (C=N–C) groups is 2. The molecule has 0 unspecified atom stereocenters. The number of benzene rings is 2. The second-order valence-electron chi connectivity index (χ2n) is 17.2. The normalized spacial score (nSPS) is 11.6. The number of nitrogens with zero attached hydrogens (tertiary/aromatic N) is 2. The Kier molecular flexibility index (Phi) is 39.1. The zero-order valence-electron chi connectivity index (χ0n) is 40.0. The van der Waals surface area contributed by atoms with Crippen molar-refractivity contribution in [2.24, 2.45) is 9.98 Å². The Morgan fingerprint density at radius 1 is 0.426 bits per heavy atom. The summed E-state index contributed by atoms with van der Waals surface area (Å²) >= 11 is 0. The molecule has 0 radical (unpaired) electrons. The molecule has 3 heteroatoms. The molecule has 0 aromatic heterocycles. The number of hydrogen-bond donors (Lipinski definition) is 0. The topological polar surface area (TPSA) is 24.7 Å². The number of allylic oxidation sites excluding steroid dienone is 2. The van der Waals surface area contributed by atoms with Crippen molar-refractivity contribution >= 4 is 22.8 Å². The summed E-state index contributed by atoms with van der Waals surface area (Å²) in [4.78, 5) is 11.0. The molecule has 0 aliphatic carbocycles. The van der Waals surface area contributed by atoms with Crippen LogP contribution in [-0.2, 0) is 29.3 Å². The molecule has 342 valence electrons. The molecule has 0 atom stereocenters. The molecule has 61 heavy (non-hydrogen) atoms. The van der Waals surface area contributed by atoms with E-state index >= 15 is 0 Å². The van der Waals surface area contributed by atoms with Crippen molar-refractivity contribution in [2.75, 3.05) is 0 Å². The first-order valence-electron chi connectivity index (χ1n) is 25.6. The summed E-state index contributed by atoms with van der Waals surface area (Å²) in [7, 11) is 0. The molecule has 2 nitrogen and oxygen atoms in total. The van der Waals surface area contributed by atoms with E-state index in [4.69, 9.17) is 9.98 Å². The Morgan fingerprint density at radius 3 is 1.28 bits per heavy atom. The summed E-state index contributed by atoms with van der Waals surface area (Å²) in [6.07, 6.45) is 47.2. The van der Waals surface area contributed by atoms with Gasteiger partial charge in [0.2, 0.25) is 0 Å². The quantitative estimate of drug-likeness (QED) is 0.0282. The third kappa shape index (κ3) is 30.8. The molecular weight excluding hydrogens is 783 g/mol. The van der Waals surface area contributed by atoms with E-state index < -0.39 is 0 Å². The number of para-hydroxylation sites is 2. The minimum atomic E-state index is 0. The summed E-state index contributed by atoms with van der Waals surface area (Å²) in [5.74, 6) is 13.4. The fraction of sp³-hybridized carbons (Fsp3) is 0.655. The van der Waals surface area contributed by atoms with Crippen LogP contribution in [0.1, 0.15) is 244 Å². The van der Waals surface area contributed by atoms with Crippen molar-refractivity contribution in [3.63, 3.8) is 0 Å². The van der Waals surface area contributed by atoms with Gasteiger partial charge in [0.05, 0.1) is 22.8 Å². The smallest absolute Gasteiger partial charge is 0.0848 e. The van der Waals surface area contributed by atoms with Crippen molar-refractivity contribution in [3.05, 3.63) is 71.8 Å². The molecule has 2 aromatic rings. The van der Waals surface area contributed by atoms with Gasteiger partial charge in [-0.15, -0.1) is 23.7 Å². The van der Waals surface area contributed by atoms with Gasteiger partial charge in [-0.3, -0.25) is 4.99 Å². The van der Waals surface area contributed by atoms with Crippen molar-refractivity contribution in [3.8, 4) is 23.7 Å². The maximum Gasteiger partial charge on any atom is 0.0848 e. The Bertz CT molecular complexity index is 1540. The van der Waals surface area contributed by atoms with Gasteiger partial charge in [0.25, 0.3) is 0 Å². The standard InChI is InChI=1S/C58H90N2.Ni/c1-5-9-13-17-20-21-22-23-24-25-26-27-28-29-30-31-32-33-36-40-52-58(60-56-50-44-42-48-54(56)46-38-35-19-15-11-7-3)57(51-39-16-12-8-4)59-55-49-43-41-47-53(55)45-37-34-18-14-10-6-2;/h40-44,47-50,52H,5-13,16-17,20-39,45-46,51H2,1-4H3;/b52-40+,59-57?,60-58?;. The summed E-state index contributed by atoms with van der Waals surface area (Å²) in [5, 5.41) is 0. The summed E-state index contributed by atoms with van der Waals surface area (Å²) in [6.45, 7) is 8.99. The molecule has 2 rings (SSSR count). The number of aryl methyl sites for hydroxylation is 2. The van der Waals surface area contributed by atoms with Crippen LogP contribution in [0.15, 0.2) is 70.7 Å². The van der Waals surface area contributed by atoms with Gasteiger partial charge >= 0.3 is 0 Å². The van der Waals surface area contributed by atoms with Gasteiger partial charge < -0.3 is 0 Å². The predicted octanol–water partition coefficient (Wildman–Crippen LogP) is 18.7. The van der Waals surface area contributed by atoms with Crippen LogP contribution in [0.5, 0.6) is 0 Å². The van der Waals surface area contributed by atoms with Crippen LogP contribution in [0.3, 0.4) is 0 Å². The molecule has 0 bridgehead atoms. The molecule has 0 saturated carbocycles. The van der Waals surface area contributed by atoms with Crippen LogP contribution in [0.4, 0.5) is 11.4 Å². The Hall–Kier alpha value is -2.87. The average molecular weight is 874 g/mol. The van der Waals surface area contributed by atoms with Crippen LogP contribution in [0.25, 0.3) is 0 Å². The zero-order valence-corrected chi connectivity index (χ0v) is 41.0. The summed E-state index contributed by atoms with van der Waals surface area (Å²) in [6, 6.07) is 17.5. The van der Waals surface area contributed by atoms with Gasteiger partial charge in [-0.1, -0.05) is 199 Å². The SMILES string of the molecule is CCCC#CCCCc1ccccc1N=C(/C=C/CCCCCCCCCCCCCCCCCCCC)C(CCCCCC)=Nc1ccccc1CCCC#CCCC.[Ni]. The van der Waals surface area contributed by atoms with Crippen molar-refractivity contribution in [2.45, 2.75) is 246 Å². The third-order valence-electron chi connectivity index (χ3n) is 11.5. The average Bonchev–Trinajstić information content (AvgIpc) is 3.27. The van der Waals surface area contributed by atoms with Crippen molar-refractivity contribution in [1.29, 1.82) is 0 Å². The molecule has 0 spiro atoms. The predicted molar refractivity (Wildman–Crippen MR) is 270 cm³/mol. The fourth-order valence-electron chi connectivity index (χ4n) is 7.79. The van der Waals surface area contributed by atoms with Gasteiger partial charge in [0, 0.05) is 42.2 Å². The van der Waals surface area contributed by atoms with E-state index in [0.717, 1.165) is 106 Å². The molecule has 0 saturated heterocycles. The van der Waals surface area contributed by atoms with E-state index in [1.807, 2.05) is 0 Å². The molecule has 0 fully saturated rings. The summed E-state index contributed by atoms with van der Waals surface area (Å²) < 4.78 is 0. The largest absolute Gasteiger partial charge is 0.251 e. The number of hydrogen-bond acceptors (Lipinski definition) is 2. The molecular formula is C58H90N2Ni. The van der Waals surface area contributed by atoms with E-state index in [-0.39, 0.29) is 16.5 Å². The first kappa shape index (κ1) is 56.2. The van der Waals surface area contributed by atoms with Gasteiger partial charge in [0.15, 0.2) is 0 Å². The van der Waals surface area contributed by atoms with Crippen LogP contribution < -0.4 is 0 Å². The second-order valence-corrected chi connectivity index (χ2v) is 17.2. The number of unbranched alkanes of at least 4 members (excludes halogenated alkanes) is 25. The second kappa shape index (κ2) is 42.4. The zero-order chi connectivity index (χ0) is 42.8. The van der Waals surface area contributed by atoms with E-state index in [1.54, 1.807) is 0 Å². The minimum absolute atomic E-state index is 0. The summed E-state index contributed by atoms with van der Waals surface area (Å²) in [5.41, 5.74) is 6.94. The number of rotatable bonds is 36. The maximum absolute atomic E-state index is 5.50. The van der Waals surface area contributed by atoms with E-state index in [2.05, 4.69) is 112 Å². The minimum Gasteiger partial charge on any atom is -0.251 e. The van der Waals surface area contributed by atoms with Gasteiger partial charge in [-0.05, 0) is 93.5 Å². The molecule has 0 N–H and O–H groups in total. The van der Waals surface area contributed by atoms with E-state index in [1.165, 1.54) is 146 Å². The van der Waals surface area contributed by atoms with Crippen LogP contribution in [-0.4, -0.2) is 11.4 Å².